The Kier molecular flexibility index (Phi) is 3.11. The molecule has 0 aliphatic rings. The van der Waals surface area contributed by atoms with Crippen molar-refractivity contribution in [1.29, 1.82) is 0 Å². The van der Waals surface area contributed by atoms with E-state index in [9.17, 15) is 9.59 Å². The Morgan fingerprint density at radius 2 is 2.22 bits per heavy atom. The number of aromatic carboxylic acids is 1. The summed E-state index contributed by atoms with van der Waals surface area (Å²) in [6.07, 6.45) is 1.46. The van der Waals surface area contributed by atoms with Crippen molar-refractivity contribution in [2.45, 2.75) is 6.92 Å². The summed E-state index contributed by atoms with van der Waals surface area (Å²) in [5.41, 5.74) is 0.738. The Balaban J connectivity index is 2.38. The zero-order valence-corrected chi connectivity index (χ0v) is 10.5. The van der Waals surface area contributed by atoms with Gasteiger partial charge in [-0.25, -0.2) is 4.79 Å². The minimum Gasteiger partial charge on any atom is -0.478 e. The summed E-state index contributed by atoms with van der Waals surface area (Å²) >= 11 is 0.978. The molecule has 0 spiro atoms. The molecule has 2 heterocycles. The number of amides is 1. The van der Waals surface area contributed by atoms with Gasteiger partial charge in [-0.1, -0.05) is 0 Å². The number of aryl methyl sites for hydroxylation is 1. The van der Waals surface area contributed by atoms with Gasteiger partial charge in [0.15, 0.2) is 0 Å². The largest absolute Gasteiger partial charge is 0.478 e. The Morgan fingerprint density at radius 1 is 1.50 bits per heavy atom. The summed E-state index contributed by atoms with van der Waals surface area (Å²) in [6.45, 7) is 1.60. The number of carbonyl (C=O) groups excluding carboxylic acids is 1. The third-order valence-corrected chi connectivity index (χ3v) is 3.42. The van der Waals surface area contributed by atoms with E-state index in [4.69, 9.17) is 5.11 Å². The van der Waals surface area contributed by atoms with Gasteiger partial charge in [-0.3, -0.25) is 14.8 Å². The number of nitrogens with zero attached hydrogens (tertiary/aromatic N) is 3. The van der Waals surface area contributed by atoms with Gasteiger partial charge in [0.1, 0.15) is 16.3 Å². The maximum Gasteiger partial charge on any atom is 0.340 e. The van der Waals surface area contributed by atoms with E-state index in [1.54, 1.807) is 6.92 Å². The molecule has 2 N–H and O–H groups in total. The van der Waals surface area contributed by atoms with Crippen molar-refractivity contribution >= 4 is 28.4 Å². The Morgan fingerprint density at radius 3 is 2.78 bits per heavy atom. The van der Waals surface area contributed by atoms with Crippen LogP contribution in [0.1, 0.15) is 26.5 Å². The minimum atomic E-state index is -1.10. The quantitative estimate of drug-likeness (QED) is 0.868. The molecule has 0 saturated carbocycles. The average molecular weight is 266 g/mol. The summed E-state index contributed by atoms with van der Waals surface area (Å²) in [6, 6.07) is 1.52. The van der Waals surface area contributed by atoms with E-state index in [2.05, 4.69) is 14.6 Å². The monoisotopic (exact) mass is 266 g/mol. The lowest BCUT2D eigenvalue weighted by molar-refractivity contribution is 0.0697. The van der Waals surface area contributed by atoms with E-state index >= 15 is 0 Å². The first-order valence-electron chi connectivity index (χ1n) is 4.99. The second-order valence-corrected chi connectivity index (χ2v) is 4.34. The van der Waals surface area contributed by atoms with Crippen LogP contribution in [-0.4, -0.2) is 38.6 Å². The Labute approximate surface area is 106 Å². The van der Waals surface area contributed by atoms with Crippen molar-refractivity contribution in [3.63, 3.8) is 0 Å². The highest BCUT2D eigenvalue weighted by atomic mass is 32.1. The molecule has 0 atom stereocenters. The number of H-pyrrole nitrogens is 1. The van der Waals surface area contributed by atoms with Crippen LogP contribution >= 0.6 is 11.5 Å². The number of aromatic amines is 1. The van der Waals surface area contributed by atoms with Gasteiger partial charge in [0.05, 0.1) is 5.69 Å². The molecule has 0 saturated heterocycles. The number of carboxylic acids is 1. The first-order valence-corrected chi connectivity index (χ1v) is 5.76. The lowest BCUT2D eigenvalue weighted by Crippen LogP contribution is -2.27. The van der Waals surface area contributed by atoms with Crippen LogP contribution in [-0.2, 0) is 0 Å². The van der Waals surface area contributed by atoms with Crippen LogP contribution in [0, 0.1) is 6.92 Å². The standard InChI is InChI=1S/C10H10N4O3S/c1-5-7(10(16)17)9(18-13-5)14(2)8(15)6-3-4-11-12-6/h3-4H,1-2H3,(H,11,12)(H,16,17). The molecular weight excluding hydrogens is 256 g/mol. The van der Waals surface area contributed by atoms with Gasteiger partial charge in [0.2, 0.25) is 0 Å². The third-order valence-electron chi connectivity index (χ3n) is 2.40. The summed E-state index contributed by atoms with van der Waals surface area (Å²) in [7, 11) is 1.50. The maximum atomic E-state index is 12.0. The molecule has 0 unspecified atom stereocenters. The van der Waals surface area contributed by atoms with E-state index in [-0.39, 0.29) is 11.5 Å². The Hall–Kier alpha value is -2.22. The van der Waals surface area contributed by atoms with Gasteiger partial charge < -0.3 is 5.11 Å². The summed E-state index contributed by atoms with van der Waals surface area (Å²) in [5, 5.41) is 15.6. The maximum absolute atomic E-state index is 12.0. The number of carbonyl (C=O) groups is 2. The normalized spacial score (nSPS) is 10.3. The van der Waals surface area contributed by atoms with Crippen LogP contribution in [0.4, 0.5) is 5.00 Å². The number of aromatic nitrogens is 3. The summed E-state index contributed by atoms with van der Waals surface area (Å²) < 4.78 is 3.96. The van der Waals surface area contributed by atoms with Crippen LogP contribution in [0.3, 0.4) is 0 Å². The van der Waals surface area contributed by atoms with Gasteiger partial charge in [0.25, 0.3) is 5.91 Å². The predicted molar refractivity (Wildman–Crippen MR) is 65.1 cm³/mol. The fraction of sp³-hybridized carbons (Fsp3) is 0.200. The second-order valence-electron chi connectivity index (χ2n) is 3.59. The summed E-state index contributed by atoms with van der Waals surface area (Å²) in [4.78, 5) is 24.4. The lowest BCUT2D eigenvalue weighted by atomic mass is 10.2. The molecule has 2 aromatic rings. The van der Waals surface area contributed by atoms with Crippen molar-refractivity contribution < 1.29 is 14.7 Å². The van der Waals surface area contributed by atoms with E-state index in [0.29, 0.717) is 16.4 Å². The van der Waals surface area contributed by atoms with Crippen LogP contribution in [0.2, 0.25) is 0 Å². The predicted octanol–water partition coefficient (Wildman–Crippen LogP) is 1.15. The van der Waals surface area contributed by atoms with E-state index in [0.717, 1.165) is 11.5 Å². The molecule has 94 valence electrons. The SMILES string of the molecule is Cc1nsc(N(C)C(=O)c2ccn[nH]2)c1C(=O)O. The Bertz CT molecular complexity index is 590. The number of hydrogen-bond acceptors (Lipinski definition) is 5. The molecule has 0 radical (unpaired) electrons. The number of rotatable bonds is 3. The minimum absolute atomic E-state index is 0.0513. The highest BCUT2D eigenvalue weighted by molar-refractivity contribution is 7.11. The molecular formula is C10H10N4O3S. The number of hydrogen-bond donors (Lipinski definition) is 2. The summed E-state index contributed by atoms with van der Waals surface area (Å²) in [5.74, 6) is -1.46. The zero-order valence-electron chi connectivity index (χ0n) is 9.67. The average Bonchev–Trinajstić information content (AvgIpc) is 2.95. The van der Waals surface area contributed by atoms with E-state index in [1.807, 2.05) is 0 Å². The number of carboxylic acid groups (broad SMARTS) is 1. The molecule has 2 rings (SSSR count). The van der Waals surface area contributed by atoms with Crippen LogP contribution in [0.25, 0.3) is 0 Å². The lowest BCUT2D eigenvalue weighted by Gasteiger charge is -2.14. The first kappa shape index (κ1) is 12.2. The van der Waals surface area contributed by atoms with Gasteiger partial charge in [0, 0.05) is 13.2 Å². The number of nitrogens with one attached hydrogen (secondary N) is 1. The van der Waals surface area contributed by atoms with Gasteiger partial charge in [-0.15, -0.1) is 0 Å². The van der Waals surface area contributed by atoms with Gasteiger partial charge >= 0.3 is 5.97 Å². The van der Waals surface area contributed by atoms with Crippen molar-refractivity contribution in [1.82, 2.24) is 14.6 Å². The molecule has 0 fully saturated rings. The molecule has 8 heteroatoms. The molecule has 7 nitrogen and oxygen atoms in total. The topological polar surface area (TPSA) is 99.2 Å². The molecule has 1 amide bonds. The first-order chi connectivity index (χ1) is 8.52. The van der Waals surface area contributed by atoms with Crippen molar-refractivity contribution in [3.8, 4) is 0 Å². The second kappa shape index (κ2) is 4.57. The van der Waals surface area contributed by atoms with Crippen LogP contribution < -0.4 is 4.90 Å². The van der Waals surface area contributed by atoms with Gasteiger partial charge in [-0.2, -0.15) is 9.47 Å². The third kappa shape index (κ3) is 1.97. The molecule has 0 bridgehead atoms. The zero-order chi connectivity index (χ0) is 13.3. The van der Waals surface area contributed by atoms with Crippen molar-refractivity contribution in [2.24, 2.45) is 0 Å². The van der Waals surface area contributed by atoms with Crippen LogP contribution in [0.5, 0.6) is 0 Å². The number of anilines is 1. The van der Waals surface area contributed by atoms with Crippen molar-refractivity contribution in [3.05, 3.63) is 29.2 Å². The molecule has 0 aromatic carbocycles. The van der Waals surface area contributed by atoms with Gasteiger partial charge in [-0.05, 0) is 24.5 Å². The fourth-order valence-corrected chi connectivity index (χ4v) is 2.33. The fourth-order valence-electron chi connectivity index (χ4n) is 1.48. The smallest absolute Gasteiger partial charge is 0.340 e. The highest BCUT2D eigenvalue weighted by Gasteiger charge is 2.24. The van der Waals surface area contributed by atoms with E-state index < -0.39 is 5.97 Å². The molecule has 2 aromatic heterocycles. The molecule has 18 heavy (non-hydrogen) atoms. The highest BCUT2D eigenvalue weighted by Crippen LogP contribution is 2.28. The van der Waals surface area contributed by atoms with Crippen LogP contribution in [0.15, 0.2) is 12.3 Å². The molecule has 0 aliphatic carbocycles. The molecule has 0 aliphatic heterocycles. The van der Waals surface area contributed by atoms with Crippen molar-refractivity contribution in [2.75, 3.05) is 11.9 Å². The van der Waals surface area contributed by atoms with E-state index in [1.165, 1.54) is 24.2 Å².